The van der Waals surface area contributed by atoms with Gasteiger partial charge in [0.2, 0.25) is 0 Å². The molecule has 0 atom stereocenters. The van der Waals surface area contributed by atoms with Crippen LogP contribution in [0.5, 0.6) is 0 Å². The third-order valence-electron chi connectivity index (χ3n) is 3.38. The minimum absolute atomic E-state index is 0.156. The summed E-state index contributed by atoms with van der Waals surface area (Å²) in [6.07, 6.45) is 0. The summed E-state index contributed by atoms with van der Waals surface area (Å²) in [6.45, 7) is 8.42. The lowest BCUT2D eigenvalue weighted by Crippen LogP contribution is -2.10. The number of hydrogen-bond acceptors (Lipinski definition) is 2. The molecule has 0 saturated heterocycles. The lowest BCUT2D eigenvalue weighted by molar-refractivity contribution is 0.0696. The fraction of sp³-hybridized carbons (Fsp3) is 0.278. The van der Waals surface area contributed by atoms with Crippen molar-refractivity contribution in [2.24, 2.45) is 0 Å². The van der Waals surface area contributed by atoms with Crippen LogP contribution in [0.2, 0.25) is 0 Å². The number of carboxylic acids is 1. The Hall–Kier alpha value is -1.74. The van der Waals surface area contributed by atoms with Gasteiger partial charge < -0.3 is 5.11 Å². The van der Waals surface area contributed by atoms with Crippen LogP contribution < -0.4 is 0 Å². The molecule has 21 heavy (non-hydrogen) atoms. The molecule has 0 radical (unpaired) electrons. The molecule has 0 aliphatic heterocycles. The number of carbonyl (C=O) groups is 1. The monoisotopic (exact) mass is 300 g/mol. The Bertz CT molecular complexity index is 652. The molecule has 1 N–H and O–H groups in total. The molecule has 0 fully saturated rings. The van der Waals surface area contributed by atoms with E-state index in [1.807, 2.05) is 19.1 Å². The minimum Gasteiger partial charge on any atom is -0.478 e. The van der Waals surface area contributed by atoms with Crippen molar-refractivity contribution >= 4 is 17.7 Å². The smallest absolute Gasteiger partial charge is 0.335 e. The van der Waals surface area contributed by atoms with Gasteiger partial charge in [0.05, 0.1) is 5.56 Å². The van der Waals surface area contributed by atoms with Crippen LogP contribution in [-0.2, 0) is 5.41 Å². The third-order valence-corrected chi connectivity index (χ3v) is 4.38. The Kier molecular flexibility index (Phi) is 4.43. The van der Waals surface area contributed by atoms with E-state index in [0.29, 0.717) is 5.56 Å². The molecular weight excluding hydrogens is 280 g/mol. The van der Waals surface area contributed by atoms with Crippen molar-refractivity contribution in [2.45, 2.75) is 42.9 Å². The van der Waals surface area contributed by atoms with E-state index in [0.717, 1.165) is 15.4 Å². The van der Waals surface area contributed by atoms with Crippen LogP contribution in [0.4, 0.5) is 0 Å². The first kappa shape index (κ1) is 15.6. The number of benzene rings is 2. The van der Waals surface area contributed by atoms with E-state index >= 15 is 0 Å². The van der Waals surface area contributed by atoms with Gasteiger partial charge in [-0.25, -0.2) is 4.79 Å². The molecule has 0 aliphatic carbocycles. The topological polar surface area (TPSA) is 37.3 Å². The van der Waals surface area contributed by atoms with Crippen molar-refractivity contribution < 1.29 is 9.90 Å². The highest BCUT2D eigenvalue weighted by molar-refractivity contribution is 7.99. The van der Waals surface area contributed by atoms with E-state index < -0.39 is 5.97 Å². The van der Waals surface area contributed by atoms with E-state index in [1.54, 1.807) is 17.8 Å². The summed E-state index contributed by atoms with van der Waals surface area (Å²) in [5.41, 5.74) is 2.62. The van der Waals surface area contributed by atoms with Crippen molar-refractivity contribution in [2.75, 3.05) is 0 Å². The Morgan fingerprint density at radius 2 is 1.57 bits per heavy atom. The first-order chi connectivity index (χ1) is 9.77. The van der Waals surface area contributed by atoms with Crippen molar-refractivity contribution in [1.29, 1.82) is 0 Å². The third kappa shape index (κ3) is 3.88. The lowest BCUT2D eigenvalue weighted by Gasteiger charge is -2.19. The van der Waals surface area contributed by atoms with Gasteiger partial charge in [-0.05, 0) is 53.8 Å². The van der Waals surface area contributed by atoms with Gasteiger partial charge in [-0.1, -0.05) is 44.7 Å². The minimum atomic E-state index is -0.876. The fourth-order valence-electron chi connectivity index (χ4n) is 2.10. The molecule has 0 bridgehead atoms. The van der Waals surface area contributed by atoms with Crippen molar-refractivity contribution in [3.8, 4) is 0 Å². The Labute approximate surface area is 130 Å². The molecule has 0 heterocycles. The van der Waals surface area contributed by atoms with Crippen molar-refractivity contribution in [3.05, 3.63) is 59.2 Å². The summed E-state index contributed by atoms with van der Waals surface area (Å²) in [5, 5.41) is 9.05. The van der Waals surface area contributed by atoms with Crippen LogP contribution in [0.25, 0.3) is 0 Å². The van der Waals surface area contributed by atoms with Gasteiger partial charge >= 0.3 is 5.97 Å². The maximum Gasteiger partial charge on any atom is 0.335 e. The van der Waals surface area contributed by atoms with Gasteiger partial charge in [-0.15, -0.1) is 0 Å². The average Bonchev–Trinajstić information content (AvgIpc) is 2.38. The van der Waals surface area contributed by atoms with Gasteiger partial charge in [0.25, 0.3) is 0 Å². The predicted octanol–water partition coefficient (Wildman–Crippen LogP) is 5.14. The summed E-state index contributed by atoms with van der Waals surface area (Å²) in [5.74, 6) is -0.876. The largest absolute Gasteiger partial charge is 0.478 e. The van der Waals surface area contributed by atoms with Gasteiger partial charge in [-0.2, -0.15) is 0 Å². The number of hydrogen-bond donors (Lipinski definition) is 1. The number of carboxylic acid groups (broad SMARTS) is 1. The Morgan fingerprint density at radius 3 is 2.05 bits per heavy atom. The molecule has 0 saturated carbocycles. The summed E-state index contributed by atoms with van der Waals surface area (Å²) < 4.78 is 0. The Balaban J connectivity index is 2.19. The van der Waals surface area contributed by atoms with E-state index in [1.165, 1.54) is 5.56 Å². The van der Waals surface area contributed by atoms with Gasteiger partial charge in [-0.3, -0.25) is 0 Å². The highest BCUT2D eigenvalue weighted by Crippen LogP contribution is 2.31. The van der Waals surface area contributed by atoms with E-state index in [4.69, 9.17) is 5.11 Å². The van der Waals surface area contributed by atoms with Crippen LogP contribution in [-0.4, -0.2) is 11.1 Å². The predicted molar refractivity (Wildman–Crippen MR) is 87.4 cm³/mol. The van der Waals surface area contributed by atoms with Crippen LogP contribution in [0.3, 0.4) is 0 Å². The molecule has 0 amide bonds. The zero-order chi connectivity index (χ0) is 15.6. The second kappa shape index (κ2) is 5.94. The second-order valence-electron chi connectivity index (χ2n) is 6.16. The maximum atomic E-state index is 11.0. The first-order valence-corrected chi connectivity index (χ1v) is 7.71. The molecule has 3 heteroatoms. The SMILES string of the molecule is Cc1cc(Sc2ccc(C(C)(C)C)cc2)ccc1C(=O)O. The van der Waals surface area contributed by atoms with Crippen LogP contribution in [0, 0.1) is 6.92 Å². The van der Waals surface area contributed by atoms with Crippen molar-refractivity contribution in [1.82, 2.24) is 0 Å². The van der Waals surface area contributed by atoms with Gasteiger partial charge in [0, 0.05) is 9.79 Å². The van der Waals surface area contributed by atoms with Crippen LogP contribution in [0.15, 0.2) is 52.3 Å². The first-order valence-electron chi connectivity index (χ1n) is 6.90. The zero-order valence-electron chi connectivity index (χ0n) is 12.8. The lowest BCUT2D eigenvalue weighted by atomic mass is 9.87. The number of aryl methyl sites for hydroxylation is 1. The highest BCUT2D eigenvalue weighted by atomic mass is 32.2. The quantitative estimate of drug-likeness (QED) is 0.852. The molecule has 2 rings (SSSR count). The number of rotatable bonds is 3. The Morgan fingerprint density at radius 1 is 1.00 bits per heavy atom. The fourth-order valence-corrected chi connectivity index (χ4v) is 3.01. The second-order valence-corrected chi connectivity index (χ2v) is 7.31. The molecule has 0 aliphatic rings. The normalized spacial score (nSPS) is 11.4. The standard InChI is InChI=1S/C18H20O2S/c1-12-11-15(9-10-16(12)17(19)20)21-14-7-5-13(6-8-14)18(2,3)4/h5-11H,1-4H3,(H,19,20). The van der Waals surface area contributed by atoms with Gasteiger partial charge in [0.1, 0.15) is 0 Å². The van der Waals surface area contributed by atoms with Crippen molar-refractivity contribution in [3.63, 3.8) is 0 Å². The van der Waals surface area contributed by atoms with Gasteiger partial charge in [0.15, 0.2) is 0 Å². The zero-order valence-corrected chi connectivity index (χ0v) is 13.6. The molecule has 2 aromatic carbocycles. The molecule has 0 spiro atoms. The molecule has 0 unspecified atom stereocenters. The summed E-state index contributed by atoms with van der Waals surface area (Å²) in [7, 11) is 0. The summed E-state index contributed by atoms with van der Waals surface area (Å²) >= 11 is 1.65. The van der Waals surface area contributed by atoms with E-state index in [-0.39, 0.29) is 5.41 Å². The molecule has 2 aromatic rings. The molecular formula is C18H20O2S. The van der Waals surface area contributed by atoms with Crippen LogP contribution in [0.1, 0.15) is 42.3 Å². The average molecular weight is 300 g/mol. The molecule has 110 valence electrons. The number of aromatic carboxylic acids is 1. The van der Waals surface area contributed by atoms with E-state index in [9.17, 15) is 4.79 Å². The molecule has 0 aromatic heterocycles. The molecule has 2 nitrogen and oxygen atoms in total. The highest BCUT2D eigenvalue weighted by Gasteiger charge is 2.13. The van der Waals surface area contributed by atoms with E-state index in [2.05, 4.69) is 45.0 Å². The summed E-state index contributed by atoms with van der Waals surface area (Å²) in [4.78, 5) is 13.2. The maximum absolute atomic E-state index is 11.0. The van der Waals surface area contributed by atoms with Crippen LogP contribution >= 0.6 is 11.8 Å². The summed E-state index contributed by atoms with van der Waals surface area (Å²) in [6, 6.07) is 14.0.